The van der Waals surface area contributed by atoms with Gasteiger partial charge >= 0.3 is 0 Å². The van der Waals surface area contributed by atoms with Gasteiger partial charge in [-0.15, -0.1) is 0 Å². The van der Waals surface area contributed by atoms with Gasteiger partial charge < -0.3 is 10.2 Å². The minimum Gasteiger partial charge on any atom is -0.328 e. The molecule has 6 heteroatoms. The first-order valence-electron chi connectivity index (χ1n) is 8.25. The van der Waals surface area contributed by atoms with Gasteiger partial charge in [-0.05, 0) is 23.6 Å². The first-order valence-corrected chi connectivity index (χ1v) is 8.25. The van der Waals surface area contributed by atoms with Crippen LogP contribution in [0.2, 0.25) is 0 Å². The highest BCUT2D eigenvalue weighted by molar-refractivity contribution is 5.92. The summed E-state index contributed by atoms with van der Waals surface area (Å²) < 4.78 is 1.19. The summed E-state index contributed by atoms with van der Waals surface area (Å²) in [5.74, 6) is -0.142. The molecule has 1 aliphatic heterocycles. The highest BCUT2D eigenvalue weighted by atomic mass is 16.2. The van der Waals surface area contributed by atoms with Gasteiger partial charge in [0.15, 0.2) is 0 Å². The van der Waals surface area contributed by atoms with E-state index in [2.05, 4.69) is 41.6 Å². The Balaban J connectivity index is 1.89. The molecular weight excluding hydrogens is 304 g/mol. The molecule has 1 fully saturated rings. The third-order valence-corrected chi connectivity index (χ3v) is 4.46. The van der Waals surface area contributed by atoms with E-state index in [4.69, 9.17) is 0 Å². The molecule has 24 heavy (non-hydrogen) atoms. The Hall–Kier alpha value is -2.47. The molecule has 1 aromatic heterocycles. The Bertz CT molecular complexity index is 782. The molecule has 0 aliphatic carbocycles. The van der Waals surface area contributed by atoms with Gasteiger partial charge in [0.05, 0.1) is 6.04 Å². The second kappa shape index (κ2) is 6.97. The molecule has 1 N–H and O–H groups in total. The van der Waals surface area contributed by atoms with Crippen molar-refractivity contribution in [2.45, 2.75) is 19.4 Å². The van der Waals surface area contributed by atoms with E-state index in [0.717, 1.165) is 18.5 Å². The number of aromatic nitrogens is 2. The monoisotopic (exact) mass is 326 g/mol. The average molecular weight is 326 g/mol. The molecule has 1 aromatic carbocycles. The Labute approximate surface area is 141 Å². The fourth-order valence-corrected chi connectivity index (χ4v) is 2.98. The van der Waals surface area contributed by atoms with Gasteiger partial charge in [0, 0.05) is 32.7 Å². The lowest BCUT2D eigenvalue weighted by Gasteiger charge is -2.36. The number of aryl methyl sites for hydroxylation is 2. The van der Waals surface area contributed by atoms with Crippen LogP contribution in [0.5, 0.6) is 0 Å². The van der Waals surface area contributed by atoms with E-state index >= 15 is 0 Å². The summed E-state index contributed by atoms with van der Waals surface area (Å²) in [6, 6.07) is 11.2. The van der Waals surface area contributed by atoms with Crippen molar-refractivity contribution in [3.05, 3.63) is 63.6 Å². The van der Waals surface area contributed by atoms with Crippen LogP contribution in [-0.4, -0.2) is 40.2 Å². The number of hydrogen-bond donors (Lipinski definition) is 1. The topological polar surface area (TPSA) is 67.2 Å². The average Bonchev–Trinajstić information content (AvgIpc) is 2.63. The molecule has 3 rings (SSSR count). The third kappa shape index (κ3) is 3.23. The summed E-state index contributed by atoms with van der Waals surface area (Å²) in [5.41, 5.74) is 2.46. The van der Waals surface area contributed by atoms with Gasteiger partial charge in [-0.1, -0.05) is 31.2 Å². The minimum absolute atomic E-state index is 0.0313. The van der Waals surface area contributed by atoms with Crippen LogP contribution in [0.4, 0.5) is 0 Å². The number of nitrogens with one attached hydrogen (secondary N) is 1. The lowest BCUT2D eigenvalue weighted by atomic mass is 10.0. The maximum Gasteiger partial charge on any atom is 0.274 e. The van der Waals surface area contributed by atoms with Crippen LogP contribution in [0.15, 0.2) is 41.2 Å². The predicted molar refractivity (Wildman–Crippen MR) is 91.9 cm³/mol. The number of nitrogens with zero attached hydrogens (tertiary/aromatic N) is 3. The molecule has 1 aliphatic rings. The van der Waals surface area contributed by atoms with E-state index in [1.54, 1.807) is 7.05 Å². The van der Waals surface area contributed by atoms with Crippen molar-refractivity contribution in [1.29, 1.82) is 0 Å². The molecule has 2 aromatic rings. The summed E-state index contributed by atoms with van der Waals surface area (Å²) in [6.07, 6.45) is 0.994. The molecule has 1 atom stereocenters. The fourth-order valence-electron chi connectivity index (χ4n) is 2.98. The lowest BCUT2D eigenvalue weighted by molar-refractivity contribution is 0.0625. The smallest absolute Gasteiger partial charge is 0.274 e. The molecule has 126 valence electrons. The quantitative estimate of drug-likeness (QED) is 0.918. The van der Waals surface area contributed by atoms with Crippen molar-refractivity contribution in [3.63, 3.8) is 0 Å². The molecule has 0 spiro atoms. The number of rotatable bonds is 3. The second-order valence-electron chi connectivity index (χ2n) is 5.99. The van der Waals surface area contributed by atoms with E-state index in [9.17, 15) is 9.59 Å². The van der Waals surface area contributed by atoms with Crippen molar-refractivity contribution < 1.29 is 4.79 Å². The Morgan fingerprint density at radius 2 is 2.00 bits per heavy atom. The minimum atomic E-state index is -0.224. The molecule has 0 saturated carbocycles. The zero-order valence-electron chi connectivity index (χ0n) is 14.0. The normalized spacial score (nSPS) is 17.8. The maximum atomic E-state index is 12.9. The van der Waals surface area contributed by atoms with E-state index in [0.29, 0.717) is 18.8 Å². The van der Waals surface area contributed by atoms with Gasteiger partial charge in [0.25, 0.3) is 11.5 Å². The predicted octanol–water partition coefficient (Wildman–Crippen LogP) is 1.13. The molecule has 2 heterocycles. The highest BCUT2D eigenvalue weighted by Gasteiger charge is 2.29. The van der Waals surface area contributed by atoms with Gasteiger partial charge in [0.1, 0.15) is 5.69 Å². The van der Waals surface area contributed by atoms with Crippen LogP contribution in [0.1, 0.15) is 34.6 Å². The second-order valence-corrected chi connectivity index (χ2v) is 5.99. The standard InChI is InChI=1S/C18H22N4O2/c1-3-13-4-6-14(7-5-13)16-12-19-10-11-22(16)18(24)15-8-9-17(23)21(2)20-15/h4-9,16,19H,3,10-12H2,1-2H3. The van der Waals surface area contributed by atoms with Crippen LogP contribution >= 0.6 is 0 Å². The first-order chi connectivity index (χ1) is 11.6. The van der Waals surface area contributed by atoms with Crippen molar-refractivity contribution in [2.75, 3.05) is 19.6 Å². The van der Waals surface area contributed by atoms with Gasteiger partial charge in [-0.3, -0.25) is 9.59 Å². The zero-order chi connectivity index (χ0) is 17.1. The lowest BCUT2D eigenvalue weighted by Crippen LogP contribution is -2.49. The van der Waals surface area contributed by atoms with Gasteiger partial charge in [-0.2, -0.15) is 5.10 Å². The molecular formula is C18H22N4O2. The van der Waals surface area contributed by atoms with E-state index < -0.39 is 0 Å². The summed E-state index contributed by atoms with van der Waals surface area (Å²) in [6.45, 7) is 4.20. The third-order valence-electron chi connectivity index (χ3n) is 4.46. The SMILES string of the molecule is CCc1ccc(C2CNCCN2C(=O)c2ccc(=O)n(C)n2)cc1. The van der Waals surface area contributed by atoms with Crippen molar-refractivity contribution >= 4 is 5.91 Å². The number of carbonyl (C=O) groups is 1. The Morgan fingerprint density at radius 1 is 1.25 bits per heavy atom. The van der Waals surface area contributed by atoms with Crippen LogP contribution < -0.4 is 10.9 Å². The first kappa shape index (κ1) is 16.4. The number of carbonyl (C=O) groups excluding carboxylic acids is 1. The summed E-state index contributed by atoms with van der Waals surface area (Å²) in [5, 5.41) is 7.45. The van der Waals surface area contributed by atoms with E-state index in [1.165, 1.54) is 22.4 Å². The van der Waals surface area contributed by atoms with Crippen molar-refractivity contribution in [3.8, 4) is 0 Å². The largest absolute Gasteiger partial charge is 0.328 e. The maximum absolute atomic E-state index is 12.9. The van der Waals surface area contributed by atoms with Crippen LogP contribution in [0.3, 0.4) is 0 Å². The number of hydrogen-bond acceptors (Lipinski definition) is 4. The molecule has 6 nitrogen and oxygen atoms in total. The highest BCUT2D eigenvalue weighted by Crippen LogP contribution is 2.24. The van der Waals surface area contributed by atoms with Gasteiger partial charge in [-0.25, -0.2) is 4.68 Å². The van der Waals surface area contributed by atoms with E-state index in [1.807, 2.05) is 4.90 Å². The van der Waals surface area contributed by atoms with Crippen molar-refractivity contribution in [2.24, 2.45) is 7.05 Å². The molecule has 1 unspecified atom stereocenters. The Kier molecular flexibility index (Phi) is 4.76. The van der Waals surface area contributed by atoms with E-state index in [-0.39, 0.29) is 17.5 Å². The summed E-state index contributed by atoms with van der Waals surface area (Å²) >= 11 is 0. The zero-order valence-corrected chi connectivity index (χ0v) is 14.0. The summed E-state index contributed by atoms with van der Waals surface area (Å²) in [4.78, 5) is 26.2. The summed E-state index contributed by atoms with van der Waals surface area (Å²) in [7, 11) is 1.55. The molecule has 1 amide bonds. The number of benzene rings is 1. The molecule has 0 bridgehead atoms. The van der Waals surface area contributed by atoms with Crippen LogP contribution in [0.25, 0.3) is 0 Å². The van der Waals surface area contributed by atoms with Crippen LogP contribution in [0, 0.1) is 0 Å². The van der Waals surface area contributed by atoms with Crippen LogP contribution in [-0.2, 0) is 13.5 Å². The molecule has 0 radical (unpaired) electrons. The Morgan fingerprint density at radius 3 is 2.67 bits per heavy atom. The van der Waals surface area contributed by atoms with Crippen molar-refractivity contribution in [1.82, 2.24) is 20.0 Å². The molecule has 1 saturated heterocycles. The fraction of sp³-hybridized carbons (Fsp3) is 0.389. The number of amides is 1. The van der Waals surface area contributed by atoms with Gasteiger partial charge in [0.2, 0.25) is 0 Å². The number of piperazine rings is 1.